The van der Waals surface area contributed by atoms with Gasteiger partial charge in [0.2, 0.25) is 0 Å². The van der Waals surface area contributed by atoms with Crippen LogP contribution in [0.25, 0.3) is 0 Å². The third kappa shape index (κ3) is 3.61. The standard InChI is InChI=1S/C16H27NO2S/c1-7-10-17-15(16(4,5)20(6,18)19)14-9-8-12(2)11-13(14)3/h8-9,11,15,17H,7,10H2,1-6H3. The van der Waals surface area contributed by atoms with Gasteiger partial charge in [-0.05, 0) is 51.8 Å². The van der Waals surface area contributed by atoms with Gasteiger partial charge in [0.1, 0.15) is 0 Å². The van der Waals surface area contributed by atoms with Crippen molar-refractivity contribution < 1.29 is 8.42 Å². The fourth-order valence-electron chi connectivity index (χ4n) is 2.38. The Morgan fingerprint density at radius 2 is 1.85 bits per heavy atom. The topological polar surface area (TPSA) is 46.2 Å². The van der Waals surface area contributed by atoms with Crippen LogP contribution in [0.4, 0.5) is 0 Å². The zero-order valence-corrected chi connectivity index (χ0v) is 14.3. The van der Waals surface area contributed by atoms with E-state index in [0.29, 0.717) is 0 Å². The van der Waals surface area contributed by atoms with Crippen molar-refractivity contribution in [1.82, 2.24) is 5.32 Å². The number of aryl methyl sites for hydroxylation is 2. The predicted molar refractivity (Wildman–Crippen MR) is 85.9 cm³/mol. The smallest absolute Gasteiger partial charge is 0.154 e. The van der Waals surface area contributed by atoms with Gasteiger partial charge >= 0.3 is 0 Å². The van der Waals surface area contributed by atoms with Crippen LogP contribution in [0.15, 0.2) is 18.2 Å². The number of hydrogen-bond acceptors (Lipinski definition) is 3. The van der Waals surface area contributed by atoms with Crippen LogP contribution >= 0.6 is 0 Å². The summed E-state index contributed by atoms with van der Waals surface area (Å²) in [6, 6.07) is 6.00. The molecule has 0 spiro atoms. The van der Waals surface area contributed by atoms with E-state index in [1.54, 1.807) is 13.8 Å². The zero-order chi connectivity index (χ0) is 15.6. The summed E-state index contributed by atoms with van der Waals surface area (Å²) >= 11 is 0. The van der Waals surface area contributed by atoms with E-state index in [2.05, 4.69) is 18.3 Å². The minimum absolute atomic E-state index is 0.196. The average Bonchev–Trinajstić information content (AvgIpc) is 2.30. The van der Waals surface area contributed by atoms with Gasteiger partial charge in [-0.1, -0.05) is 30.7 Å². The molecule has 114 valence electrons. The summed E-state index contributed by atoms with van der Waals surface area (Å²) in [6.07, 6.45) is 2.29. The van der Waals surface area contributed by atoms with Gasteiger partial charge in [0.15, 0.2) is 9.84 Å². The van der Waals surface area contributed by atoms with E-state index in [-0.39, 0.29) is 6.04 Å². The lowest BCUT2D eigenvalue weighted by Crippen LogP contribution is -2.45. The minimum atomic E-state index is -3.17. The summed E-state index contributed by atoms with van der Waals surface area (Å²) in [5.74, 6) is 0. The Morgan fingerprint density at radius 1 is 1.25 bits per heavy atom. The highest BCUT2D eigenvalue weighted by Gasteiger charge is 2.40. The lowest BCUT2D eigenvalue weighted by atomic mass is 9.91. The summed E-state index contributed by atoms with van der Waals surface area (Å²) < 4.78 is 23.5. The lowest BCUT2D eigenvalue weighted by molar-refractivity contribution is 0.419. The van der Waals surface area contributed by atoms with Crippen LogP contribution in [-0.2, 0) is 9.84 Å². The Hall–Kier alpha value is -0.870. The summed E-state index contributed by atoms with van der Waals surface area (Å²) in [5.41, 5.74) is 3.40. The van der Waals surface area contributed by atoms with E-state index in [1.807, 2.05) is 26.0 Å². The Balaban J connectivity index is 3.32. The zero-order valence-electron chi connectivity index (χ0n) is 13.4. The maximum Gasteiger partial charge on any atom is 0.154 e. The minimum Gasteiger partial charge on any atom is -0.309 e. The molecule has 0 radical (unpaired) electrons. The maximum absolute atomic E-state index is 12.2. The van der Waals surface area contributed by atoms with Gasteiger partial charge in [0.05, 0.1) is 10.8 Å². The molecule has 0 heterocycles. The van der Waals surface area contributed by atoms with Crippen molar-refractivity contribution in [2.45, 2.75) is 51.8 Å². The number of sulfone groups is 1. The van der Waals surface area contributed by atoms with Gasteiger partial charge in [0.25, 0.3) is 0 Å². The summed E-state index contributed by atoms with van der Waals surface area (Å²) in [4.78, 5) is 0. The summed E-state index contributed by atoms with van der Waals surface area (Å²) in [7, 11) is -3.17. The van der Waals surface area contributed by atoms with Crippen LogP contribution in [0, 0.1) is 13.8 Å². The molecule has 20 heavy (non-hydrogen) atoms. The predicted octanol–water partition coefficient (Wildman–Crippen LogP) is 3.17. The monoisotopic (exact) mass is 297 g/mol. The third-order valence-electron chi connectivity index (χ3n) is 3.99. The van der Waals surface area contributed by atoms with Crippen LogP contribution in [-0.4, -0.2) is 26.0 Å². The Bertz CT molecular complexity index is 562. The van der Waals surface area contributed by atoms with Crippen molar-refractivity contribution in [3.8, 4) is 0 Å². The van der Waals surface area contributed by atoms with Crippen molar-refractivity contribution in [3.05, 3.63) is 34.9 Å². The first-order valence-electron chi connectivity index (χ1n) is 7.11. The molecule has 1 aromatic rings. The van der Waals surface area contributed by atoms with Gasteiger partial charge in [-0.15, -0.1) is 0 Å². The molecular formula is C16H27NO2S. The lowest BCUT2D eigenvalue weighted by Gasteiger charge is -2.35. The van der Waals surface area contributed by atoms with E-state index < -0.39 is 14.6 Å². The van der Waals surface area contributed by atoms with Crippen LogP contribution in [0.3, 0.4) is 0 Å². The molecule has 0 aliphatic carbocycles. The largest absolute Gasteiger partial charge is 0.309 e. The molecule has 1 atom stereocenters. The first-order valence-corrected chi connectivity index (χ1v) is 9.00. The van der Waals surface area contributed by atoms with E-state index in [1.165, 1.54) is 11.8 Å². The molecule has 0 saturated carbocycles. The van der Waals surface area contributed by atoms with Crippen LogP contribution in [0.5, 0.6) is 0 Å². The quantitative estimate of drug-likeness (QED) is 0.877. The second kappa shape index (κ2) is 6.27. The van der Waals surface area contributed by atoms with Crippen molar-refractivity contribution in [2.75, 3.05) is 12.8 Å². The van der Waals surface area contributed by atoms with Gasteiger partial charge in [-0.3, -0.25) is 0 Å². The van der Waals surface area contributed by atoms with E-state index in [4.69, 9.17) is 0 Å². The summed E-state index contributed by atoms with van der Waals surface area (Å²) in [5, 5.41) is 3.41. The van der Waals surface area contributed by atoms with Crippen LogP contribution in [0.1, 0.15) is 49.9 Å². The molecule has 1 aromatic carbocycles. The summed E-state index contributed by atoms with van der Waals surface area (Å²) in [6.45, 7) is 10.6. The molecule has 3 nitrogen and oxygen atoms in total. The number of hydrogen-bond donors (Lipinski definition) is 1. The van der Waals surface area contributed by atoms with Crippen molar-refractivity contribution in [3.63, 3.8) is 0 Å². The van der Waals surface area contributed by atoms with Crippen molar-refractivity contribution in [2.24, 2.45) is 0 Å². The number of nitrogens with one attached hydrogen (secondary N) is 1. The molecule has 1 unspecified atom stereocenters. The van der Waals surface area contributed by atoms with Gasteiger partial charge < -0.3 is 5.32 Å². The molecule has 0 saturated heterocycles. The molecule has 0 aromatic heterocycles. The number of benzene rings is 1. The molecular weight excluding hydrogens is 270 g/mol. The molecule has 0 aliphatic heterocycles. The Labute approximate surface area is 123 Å². The van der Waals surface area contributed by atoms with Gasteiger partial charge in [-0.2, -0.15) is 0 Å². The molecule has 0 amide bonds. The van der Waals surface area contributed by atoms with Crippen LogP contribution < -0.4 is 5.32 Å². The van der Waals surface area contributed by atoms with Gasteiger partial charge in [-0.25, -0.2) is 8.42 Å². The first kappa shape index (κ1) is 17.2. The Morgan fingerprint density at radius 3 is 2.30 bits per heavy atom. The molecule has 0 aliphatic rings. The highest BCUT2D eigenvalue weighted by atomic mass is 32.2. The average molecular weight is 297 g/mol. The Kier molecular flexibility index (Phi) is 5.39. The second-order valence-corrected chi connectivity index (χ2v) is 8.72. The highest BCUT2D eigenvalue weighted by Crippen LogP contribution is 2.34. The number of rotatable bonds is 6. The fourth-order valence-corrected chi connectivity index (χ4v) is 3.02. The highest BCUT2D eigenvalue weighted by molar-refractivity contribution is 7.92. The molecule has 4 heteroatoms. The van der Waals surface area contributed by atoms with Crippen molar-refractivity contribution in [1.29, 1.82) is 0 Å². The van der Waals surface area contributed by atoms with Crippen LogP contribution in [0.2, 0.25) is 0 Å². The SMILES string of the molecule is CCCNC(c1ccc(C)cc1C)C(C)(C)S(C)(=O)=O. The van der Waals surface area contributed by atoms with E-state index in [9.17, 15) is 8.42 Å². The van der Waals surface area contributed by atoms with E-state index in [0.717, 1.165) is 24.1 Å². The maximum atomic E-state index is 12.2. The molecule has 1 N–H and O–H groups in total. The van der Waals surface area contributed by atoms with E-state index >= 15 is 0 Å². The molecule has 0 fully saturated rings. The molecule has 0 bridgehead atoms. The second-order valence-electron chi connectivity index (χ2n) is 6.12. The molecule has 1 rings (SSSR count). The van der Waals surface area contributed by atoms with Crippen molar-refractivity contribution >= 4 is 9.84 Å². The fraction of sp³-hybridized carbons (Fsp3) is 0.625. The normalized spacial score (nSPS) is 14.3. The third-order valence-corrected chi connectivity index (χ3v) is 6.13. The first-order chi connectivity index (χ1) is 9.11. The van der Waals surface area contributed by atoms with Gasteiger partial charge in [0, 0.05) is 6.26 Å².